The number of nitrogens with zero attached hydrogens (tertiary/aromatic N) is 1. The molecule has 25 heavy (non-hydrogen) atoms. The van der Waals surface area contributed by atoms with Crippen LogP contribution >= 0.6 is 12.4 Å². The second-order valence-corrected chi connectivity index (χ2v) is 8.07. The van der Waals surface area contributed by atoms with E-state index >= 15 is 0 Å². The third-order valence-corrected chi connectivity index (χ3v) is 6.37. The summed E-state index contributed by atoms with van der Waals surface area (Å²) in [6.45, 7) is 3.04. The van der Waals surface area contributed by atoms with Crippen molar-refractivity contribution in [2.45, 2.75) is 62.8 Å². The molecule has 0 aromatic heterocycles. The fraction of sp³-hybridized carbons (Fsp3) is 0.667. The van der Waals surface area contributed by atoms with Crippen molar-refractivity contribution in [2.24, 2.45) is 5.92 Å². The molecular weight excluding hydrogens is 332 g/mol. The minimum Gasteiger partial charge on any atom is -0.342 e. The van der Waals surface area contributed by atoms with Gasteiger partial charge in [0.2, 0.25) is 5.91 Å². The largest absolute Gasteiger partial charge is 0.342 e. The van der Waals surface area contributed by atoms with Crippen molar-refractivity contribution in [2.75, 3.05) is 19.6 Å². The molecule has 3 aliphatic rings. The predicted molar refractivity (Wildman–Crippen MR) is 104 cm³/mol. The van der Waals surface area contributed by atoms with Crippen molar-refractivity contribution in [3.8, 4) is 0 Å². The van der Waals surface area contributed by atoms with Crippen LogP contribution in [-0.4, -0.2) is 36.5 Å². The number of piperidine rings is 1. The summed E-state index contributed by atoms with van der Waals surface area (Å²) in [4.78, 5) is 15.6. The van der Waals surface area contributed by atoms with E-state index in [0.29, 0.717) is 11.9 Å². The molecular formula is C21H31ClN2O. The zero-order chi connectivity index (χ0) is 16.4. The molecule has 3 nitrogen and oxygen atoms in total. The van der Waals surface area contributed by atoms with Gasteiger partial charge in [-0.05, 0) is 56.6 Å². The summed E-state index contributed by atoms with van der Waals surface area (Å²) in [5.74, 6) is 1.33. The van der Waals surface area contributed by atoms with Crippen LogP contribution in [0.5, 0.6) is 0 Å². The topological polar surface area (TPSA) is 32.3 Å². The van der Waals surface area contributed by atoms with Gasteiger partial charge in [-0.1, -0.05) is 43.2 Å². The molecule has 3 fully saturated rings. The molecule has 4 heteroatoms. The van der Waals surface area contributed by atoms with Crippen molar-refractivity contribution >= 4 is 18.3 Å². The number of rotatable bonds is 5. The van der Waals surface area contributed by atoms with Gasteiger partial charge in [0, 0.05) is 19.1 Å². The summed E-state index contributed by atoms with van der Waals surface area (Å²) >= 11 is 0. The van der Waals surface area contributed by atoms with Crippen LogP contribution in [0.3, 0.4) is 0 Å². The molecule has 0 spiro atoms. The van der Waals surface area contributed by atoms with Crippen LogP contribution in [0.15, 0.2) is 30.3 Å². The highest BCUT2D eigenvalue weighted by Gasteiger charge is 2.45. The molecule has 0 unspecified atom stereocenters. The van der Waals surface area contributed by atoms with Gasteiger partial charge in [0.25, 0.3) is 0 Å². The predicted octanol–water partition coefficient (Wildman–Crippen LogP) is 3.91. The van der Waals surface area contributed by atoms with E-state index in [9.17, 15) is 4.79 Å². The molecule has 2 saturated carbocycles. The number of carbonyl (C=O) groups is 1. The standard InChI is InChI=1S/C21H30N2O.ClH/c24-20(21(12-4-5-13-21)18-6-2-1-3-7-18)23-14-10-19(11-15-23)22-16-17-8-9-17;/h1-3,6-7,17,19,22H,4-5,8-16H2;1H. The van der Waals surface area contributed by atoms with Gasteiger partial charge in [-0.25, -0.2) is 0 Å². The van der Waals surface area contributed by atoms with Gasteiger partial charge in [0.1, 0.15) is 0 Å². The first-order valence-corrected chi connectivity index (χ1v) is 9.86. The van der Waals surface area contributed by atoms with Crippen LogP contribution in [0, 0.1) is 5.92 Å². The molecule has 1 aliphatic heterocycles. The maximum Gasteiger partial charge on any atom is 0.233 e. The van der Waals surface area contributed by atoms with Gasteiger partial charge in [-0.2, -0.15) is 0 Å². The molecule has 138 valence electrons. The van der Waals surface area contributed by atoms with Crippen LogP contribution in [0.4, 0.5) is 0 Å². The van der Waals surface area contributed by atoms with Crippen molar-refractivity contribution < 1.29 is 4.79 Å². The Labute approximate surface area is 158 Å². The van der Waals surface area contributed by atoms with E-state index < -0.39 is 0 Å². The molecule has 1 saturated heterocycles. The molecule has 1 N–H and O–H groups in total. The van der Waals surface area contributed by atoms with Crippen molar-refractivity contribution in [3.63, 3.8) is 0 Å². The number of hydrogen-bond acceptors (Lipinski definition) is 2. The number of benzene rings is 1. The van der Waals surface area contributed by atoms with Gasteiger partial charge < -0.3 is 10.2 Å². The van der Waals surface area contributed by atoms with Gasteiger partial charge in [-0.3, -0.25) is 4.79 Å². The molecule has 0 atom stereocenters. The van der Waals surface area contributed by atoms with E-state index in [1.807, 2.05) is 6.07 Å². The lowest BCUT2D eigenvalue weighted by Crippen LogP contribution is -2.51. The fourth-order valence-electron chi connectivity index (χ4n) is 4.61. The Morgan fingerprint density at radius 2 is 1.68 bits per heavy atom. The van der Waals surface area contributed by atoms with E-state index in [-0.39, 0.29) is 17.8 Å². The van der Waals surface area contributed by atoms with Crippen LogP contribution in [0.2, 0.25) is 0 Å². The fourth-order valence-corrected chi connectivity index (χ4v) is 4.61. The Kier molecular flexibility index (Phi) is 6.06. The lowest BCUT2D eigenvalue weighted by Gasteiger charge is -2.39. The average molecular weight is 363 g/mol. The Balaban J connectivity index is 0.00000182. The summed E-state index contributed by atoms with van der Waals surface area (Å²) in [6.07, 6.45) is 9.45. The number of nitrogens with one attached hydrogen (secondary N) is 1. The minimum absolute atomic E-state index is 0. The highest BCUT2D eigenvalue weighted by Crippen LogP contribution is 2.43. The first kappa shape index (κ1) is 18.7. The Morgan fingerprint density at radius 3 is 2.28 bits per heavy atom. The number of amides is 1. The number of likely N-dealkylation sites (tertiary alicyclic amines) is 1. The Hall–Kier alpha value is -1.06. The number of halogens is 1. The van der Waals surface area contributed by atoms with Crippen molar-refractivity contribution in [1.29, 1.82) is 0 Å². The second-order valence-electron chi connectivity index (χ2n) is 8.07. The highest BCUT2D eigenvalue weighted by atomic mass is 35.5. The molecule has 0 bridgehead atoms. The third-order valence-electron chi connectivity index (χ3n) is 6.37. The first-order valence-electron chi connectivity index (χ1n) is 9.86. The first-order chi connectivity index (χ1) is 11.8. The molecule has 0 radical (unpaired) electrons. The summed E-state index contributed by atoms with van der Waals surface area (Å²) in [7, 11) is 0. The second kappa shape index (κ2) is 8.09. The van der Waals surface area contributed by atoms with E-state index in [2.05, 4.69) is 34.5 Å². The SMILES string of the molecule is Cl.O=C(N1CCC(NCC2CC2)CC1)C1(c2ccccc2)CCCC1. The quantitative estimate of drug-likeness (QED) is 0.861. The smallest absolute Gasteiger partial charge is 0.233 e. The zero-order valence-electron chi connectivity index (χ0n) is 15.1. The average Bonchev–Trinajstić information content (AvgIpc) is 3.34. The molecule has 1 aromatic rings. The maximum absolute atomic E-state index is 13.4. The van der Waals surface area contributed by atoms with Crippen LogP contribution in [-0.2, 0) is 10.2 Å². The summed E-state index contributed by atoms with van der Waals surface area (Å²) < 4.78 is 0. The lowest BCUT2D eigenvalue weighted by molar-refractivity contribution is -0.138. The van der Waals surface area contributed by atoms with E-state index in [0.717, 1.165) is 44.7 Å². The number of carbonyl (C=O) groups excluding carboxylic acids is 1. The van der Waals surface area contributed by atoms with E-state index in [4.69, 9.17) is 0 Å². The van der Waals surface area contributed by atoms with Crippen LogP contribution in [0.25, 0.3) is 0 Å². The molecule has 1 amide bonds. The van der Waals surface area contributed by atoms with Crippen LogP contribution in [0.1, 0.15) is 56.9 Å². The summed E-state index contributed by atoms with van der Waals surface area (Å²) in [5, 5.41) is 3.72. The highest BCUT2D eigenvalue weighted by molar-refractivity contribution is 5.88. The van der Waals surface area contributed by atoms with Crippen molar-refractivity contribution in [1.82, 2.24) is 10.2 Å². The van der Waals surface area contributed by atoms with Crippen molar-refractivity contribution in [3.05, 3.63) is 35.9 Å². The van der Waals surface area contributed by atoms with Gasteiger partial charge >= 0.3 is 0 Å². The lowest BCUT2D eigenvalue weighted by atomic mass is 9.77. The van der Waals surface area contributed by atoms with E-state index in [1.54, 1.807) is 0 Å². The Morgan fingerprint density at radius 1 is 1.04 bits per heavy atom. The maximum atomic E-state index is 13.4. The minimum atomic E-state index is -0.241. The van der Waals surface area contributed by atoms with E-state index in [1.165, 1.54) is 37.8 Å². The molecule has 1 aromatic carbocycles. The van der Waals surface area contributed by atoms with Gasteiger partial charge in [-0.15, -0.1) is 12.4 Å². The molecule has 1 heterocycles. The van der Waals surface area contributed by atoms with Crippen LogP contribution < -0.4 is 5.32 Å². The molecule has 4 rings (SSSR count). The zero-order valence-corrected chi connectivity index (χ0v) is 15.9. The number of hydrogen-bond donors (Lipinski definition) is 1. The summed E-state index contributed by atoms with van der Waals surface area (Å²) in [5.41, 5.74) is 0.997. The molecule has 2 aliphatic carbocycles. The monoisotopic (exact) mass is 362 g/mol. The van der Waals surface area contributed by atoms with Gasteiger partial charge in [0.05, 0.1) is 5.41 Å². The van der Waals surface area contributed by atoms with Gasteiger partial charge in [0.15, 0.2) is 0 Å². The third kappa shape index (κ3) is 4.03. The Bertz CT molecular complexity index is 559. The normalized spacial score (nSPS) is 23.3. The summed E-state index contributed by atoms with van der Waals surface area (Å²) in [6, 6.07) is 11.1.